The summed E-state index contributed by atoms with van der Waals surface area (Å²) < 4.78 is 7.45. The van der Waals surface area contributed by atoms with Crippen LogP contribution in [0, 0.1) is 11.3 Å². The number of nitriles is 1. The Hall–Kier alpha value is -2.75. The number of nitrogens with two attached hydrogens (primary N) is 1. The second-order valence-corrected chi connectivity index (χ2v) is 7.34. The van der Waals surface area contributed by atoms with Crippen molar-refractivity contribution in [2.75, 3.05) is 0 Å². The molecule has 0 radical (unpaired) electrons. The highest BCUT2D eigenvalue weighted by Crippen LogP contribution is 2.45. The van der Waals surface area contributed by atoms with Crippen molar-refractivity contribution in [2.24, 2.45) is 5.73 Å². The first kappa shape index (κ1) is 16.1. The first-order chi connectivity index (χ1) is 11.2. The average Bonchev–Trinajstić information content (AvgIpc) is 3.11. The van der Waals surface area contributed by atoms with Crippen LogP contribution in [0.1, 0.15) is 63.4 Å². The van der Waals surface area contributed by atoms with Crippen LogP contribution < -0.4 is 10.5 Å². The lowest BCUT2D eigenvalue weighted by molar-refractivity contribution is 0.378. The molecule has 1 unspecified atom stereocenters. The van der Waals surface area contributed by atoms with E-state index in [1.54, 1.807) is 6.20 Å². The Morgan fingerprint density at radius 1 is 1.42 bits per heavy atom. The molecule has 24 heavy (non-hydrogen) atoms. The third-order valence-corrected chi connectivity index (χ3v) is 4.17. The summed E-state index contributed by atoms with van der Waals surface area (Å²) in [5.41, 5.74) is 8.87. The van der Waals surface area contributed by atoms with Crippen LogP contribution >= 0.6 is 0 Å². The standard InChI is InChI=1S/C17H22N6O/c1-9(2)23-8-10(7-20-23)12-11(6-18)15(19)24-16-13(12)14(21-22-16)17(3,4)5/h7-9,12H,19H2,1-5H3,(H,21,22). The smallest absolute Gasteiger partial charge is 0.244 e. The van der Waals surface area contributed by atoms with Gasteiger partial charge in [0.25, 0.3) is 0 Å². The molecule has 7 nitrogen and oxygen atoms in total. The molecule has 3 N–H and O–H groups in total. The largest absolute Gasteiger partial charge is 0.420 e. The van der Waals surface area contributed by atoms with Gasteiger partial charge in [0, 0.05) is 28.9 Å². The lowest BCUT2D eigenvalue weighted by atomic mass is 9.79. The van der Waals surface area contributed by atoms with Crippen molar-refractivity contribution < 1.29 is 4.74 Å². The maximum atomic E-state index is 9.64. The minimum atomic E-state index is -0.334. The second-order valence-electron chi connectivity index (χ2n) is 7.34. The molecule has 1 aliphatic rings. The molecule has 0 bridgehead atoms. The number of aromatic amines is 1. The fourth-order valence-corrected chi connectivity index (χ4v) is 2.93. The number of H-pyrrole nitrogens is 1. The van der Waals surface area contributed by atoms with Gasteiger partial charge in [0.15, 0.2) is 0 Å². The summed E-state index contributed by atoms with van der Waals surface area (Å²) in [5.74, 6) is 0.192. The molecule has 3 rings (SSSR count). The average molecular weight is 326 g/mol. The van der Waals surface area contributed by atoms with Crippen molar-refractivity contribution in [1.82, 2.24) is 20.0 Å². The minimum Gasteiger partial charge on any atom is -0.420 e. The van der Waals surface area contributed by atoms with Crippen LogP contribution in [-0.4, -0.2) is 20.0 Å². The van der Waals surface area contributed by atoms with Gasteiger partial charge in [0.1, 0.15) is 11.6 Å². The molecule has 2 aromatic rings. The number of fused-ring (bicyclic) bond motifs is 1. The van der Waals surface area contributed by atoms with E-state index in [0.29, 0.717) is 11.5 Å². The van der Waals surface area contributed by atoms with E-state index in [-0.39, 0.29) is 23.3 Å². The molecule has 7 heteroatoms. The van der Waals surface area contributed by atoms with E-state index in [1.807, 2.05) is 10.9 Å². The van der Waals surface area contributed by atoms with E-state index < -0.39 is 0 Å². The Kier molecular flexibility index (Phi) is 3.63. The van der Waals surface area contributed by atoms with Gasteiger partial charge in [-0.15, -0.1) is 5.10 Å². The number of aromatic nitrogens is 4. The zero-order valence-electron chi connectivity index (χ0n) is 14.6. The Bertz CT molecular complexity index is 843. The van der Waals surface area contributed by atoms with Gasteiger partial charge in [-0.2, -0.15) is 10.4 Å². The second kappa shape index (κ2) is 5.41. The topological polar surface area (TPSA) is 106 Å². The van der Waals surface area contributed by atoms with Crippen LogP contribution in [0.25, 0.3) is 0 Å². The Labute approximate surface area is 141 Å². The van der Waals surface area contributed by atoms with E-state index in [0.717, 1.165) is 16.8 Å². The van der Waals surface area contributed by atoms with E-state index in [9.17, 15) is 5.26 Å². The van der Waals surface area contributed by atoms with E-state index >= 15 is 0 Å². The summed E-state index contributed by atoms with van der Waals surface area (Å²) in [6.07, 6.45) is 3.73. The summed E-state index contributed by atoms with van der Waals surface area (Å²) in [6.45, 7) is 10.4. The van der Waals surface area contributed by atoms with Gasteiger partial charge in [-0.1, -0.05) is 20.8 Å². The van der Waals surface area contributed by atoms with Crippen molar-refractivity contribution in [3.63, 3.8) is 0 Å². The van der Waals surface area contributed by atoms with Gasteiger partial charge >= 0.3 is 0 Å². The van der Waals surface area contributed by atoms with Crippen LogP contribution in [0.5, 0.6) is 5.88 Å². The van der Waals surface area contributed by atoms with Crippen LogP contribution in [-0.2, 0) is 5.41 Å². The first-order valence-electron chi connectivity index (χ1n) is 7.94. The summed E-state index contributed by atoms with van der Waals surface area (Å²) in [6, 6.07) is 2.43. The normalized spacial score (nSPS) is 17.6. The molecule has 0 amide bonds. The van der Waals surface area contributed by atoms with Gasteiger partial charge < -0.3 is 10.5 Å². The van der Waals surface area contributed by atoms with Crippen LogP contribution in [0.2, 0.25) is 0 Å². The van der Waals surface area contributed by atoms with Crippen LogP contribution in [0.3, 0.4) is 0 Å². The highest BCUT2D eigenvalue weighted by atomic mass is 16.5. The fraction of sp³-hybridized carbons (Fsp3) is 0.471. The molecule has 0 saturated carbocycles. The molecule has 1 atom stereocenters. The summed E-state index contributed by atoms with van der Waals surface area (Å²) in [4.78, 5) is 0. The SMILES string of the molecule is CC(C)n1cc(C2C(C#N)=C(N)Oc3n[nH]c(C(C)(C)C)c32)cn1. The molecular formula is C17H22N6O. The quantitative estimate of drug-likeness (QED) is 0.882. The van der Waals surface area contributed by atoms with E-state index in [1.165, 1.54) is 0 Å². The molecule has 0 saturated heterocycles. The fourth-order valence-electron chi connectivity index (χ4n) is 2.93. The molecule has 0 aliphatic carbocycles. The number of nitrogens with one attached hydrogen (secondary N) is 1. The highest BCUT2D eigenvalue weighted by Gasteiger charge is 2.38. The van der Waals surface area contributed by atoms with Crippen molar-refractivity contribution in [3.8, 4) is 11.9 Å². The monoisotopic (exact) mass is 326 g/mol. The highest BCUT2D eigenvalue weighted by molar-refractivity contribution is 5.55. The van der Waals surface area contributed by atoms with Crippen molar-refractivity contribution in [3.05, 3.63) is 40.7 Å². The number of rotatable bonds is 2. The predicted octanol–water partition coefficient (Wildman–Crippen LogP) is 2.70. The minimum absolute atomic E-state index is 0.0965. The van der Waals surface area contributed by atoms with Gasteiger partial charge in [-0.3, -0.25) is 9.78 Å². The van der Waals surface area contributed by atoms with Crippen molar-refractivity contribution >= 4 is 0 Å². The van der Waals surface area contributed by atoms with Gasteiger partial charge in [0.2, 0.25) is 11.8 Å². The number of nitrogens with zero attached hydrogens (tertiary/aromatic N) is 4. The van der Waals surface area contributed by atoms with Crippen LogP contribution in [0.4, 0.5) is 0 Å². The molecule has 0 aromatic carbocycles. The third-order valence-electron chi connectivity index (χ3n) is 4.17. The lowest BCUT2D eigenvalue weighted by Gasteiger charge is -2.26. The predicted molar refractivity (Wildman–Crippen MR) is 89.2 cm³/mol. The number of ether oxygens (including phenoxy) is 1. The summed E-state index contributed by atoms with van der Waals surface area (Å²) in [5, 5.41) is 21.4. The summed E-state index contributed by atoms with van der Waals surface area (Å²) in [7, 11) is 0. The number of hydrogen-bond donors (Lipinski definition) is 2. The molecular weight excluding hydrogens is 304 g/mol. The molecule has 2 aromatic heterocycles. The molecule has 1 aliphatic heterocycles. The lowest BCUT2D eigenvalue weighted by Crippen LogP contribution is -2.23. The molecule has 0 fully saturated rings. The third kappa shape index (κ3) is 2.44. The van der Waals surface area contributed by atoms with Gasteiger partial charge in [-0.25, -0.2) is 0 Å². The van der Waals surface area contributed by atoms with Crippen molar-refractivity contribution in [1.29, 1.82) is 5.26 Å². The maximum absolute atomic E-state index is 9.64. The van der Waals surface area contributed by atoms with E-state index in [4.69, 9.17) is 10.5 Å². The number of hydrogen-bond acceptors (Lipinski definition) is 5. The Morgan fingerprint density at radius 3 is 2.67 bits per heavy atom. The Balaban J connectivity index is 2.22. The van der Waals surface area contributed by atoms with Crippen molar-refractivity contribution in [2.45, 2.75) is 52.0 Å². The molecule has 0 spiro atoms. The molecule has 126 valence electrons. The Morgan fingerprint density at radius 2 is 2.12 bits per heavy atom. The zero-order chi connectivity index (χ0) is 17.6. The van der Waals surface area contributed by atoms with Gasteiger partial charge in [0.05, 0.1) is 17.7 Å². The maximum Gasteiger partial charge on any atom is 0.244 e. The van der Waals surface area contributed by atoms with Gasteiger partial charge in [-0.05, 0) is 13.8 Å². The molecule has 3 heterocycles. The zero-order valence-corrected chi connectivity index (χ0v) is 14.6. The van der Waals surface area contributed by atoms with Crippen LogP contribution in [0.15, 0.2) is 23.8 Å². The summed E-state index contributed by atoms with van der Waals surface area (Å²) >= 11 is 0. The first-order valence-corrected chi connectivity index (χ1v) is 7.94. The number of allylic oxidation sites excluding steroid dienone is 1. The van der Waals surface area contributed by atoms with E-state index in [2.05, 4.69) is 56.0 Å².